The highest BCUT2D eigenvalue weighted by atomic mass is 16.1. The van der Waals surface area contributed by atoms with Crippen molar-refractivity contribution < 1.29 is 9.59 Å². The number of ketones is 2. The normalized spacial score (nSPS) is 10.0. The molecule has 0 atom stereocenters. The molecule has 0 amide bonds. The fraction of sp³-hybridized carbons (Fsp3) is 0.400. The maximum Gasteiger partial charge on any atom is 0.178 e. The fourth-order valence-corrected chi connectivity index (χ4v) is 1.10. The van der Waals surface area contributed by atoms with Crippen molar-refractivity contribution >= 4 is 11.6 Å². The molecule has 0 aromatic carbocycles. The standard InChI is InChI=1S/C10H13NO2/c1-3-9(12)7-5-6-8(11-7)10(13)4-2/h5-6,11H,3-4H2,1-2H3. The predicted molar refractivity (Wildman–Crippen MR) is 50.0 cm³/mol. The number of H-pyrrole nitrogens is 1. The quantitative estimate of drug-likeness (QED) is 0.720. The summed E-state index contributed by atoms with van der Waals surface area (Å²) in [5.74, 6) is 0.0744. The molecule has 1 N–H and O–H groups in total. The van der Waals surface area contributed by atoms with Crippen LogP contribution in [0.4, 0.5) is 0 Å². The highest BCUT2D eigenvalue weighted by Crippen LogP contribution is 2.06. The number of hydrogen-bond donors (Lipinski definition) is 1. The van der Waals surface area contributed by atoms with Crippen molar-refractivity contribution in [1.82, 2.24) is 4.98 Å². The summed E-state index contributed by atoms with van der Waals surface area (Å²) < 4.78 is 0. The number of Topliss-reactive ketones (excluding diaryl/α,β-unsaturated/α-hetero) is 2. The van der Waals surface area contributed by atoms with Gasteiger partial charge in [-0.1, -0.05) is 13.8 Å². The molecule has 0 saturated heterocycles. The van der Waals surface area contributed by atoms with Gasteiger partial charge in [0.15, 0.2) is 11.6 Å². The molecule has 0 aliphatic rings. The Kier molecular flexibility index (Phi) is 3.01. The summed E-state index contributed by atoms with van der Waals surface area (Å²) in [5, 5.41) is 0. The Balaban J connectivity index is 2.86. The van der Waals surface area contributed by atoms with Crippen LogP contribution in [0.25, 0.3) is 0 Å². The van der Waals surface area contributed by atoms with Gasteiger partial charge in [0.2, 0.25) is 0 Å². The first kappa shape index (κ1) is 9.71. The number of rotatable bonds is 4. The van der Waals surface area contributed by atoms with E-state index in [2.05, 4.69) is 4.98 Å². The van der Waals surface area contributed by atoms with E-state index in [1.165, 1.54) is 0 Å². The second-order valence-electron chi connectivity index (χ2n) is 2.84. The molecular formula is C10H13NO2. The Bertz CT molecular complexity index is 295. The second kappa shape index (κ2) is 4.03. The van der Waals surface area contributed by atoms with Crippen molar-refractivity contribution in [2.24, 2.45) is 0 Å². The highest BCUT2D eigenvalue weighted by Gasteiger charge is 2.09. The average Bonchev–Trinajstić information content (AvgIpc) is 2.64. The Morgan fingerprint density at radius 1 is 1.08 bits per heavy atom. The van der Waals surface area contributed by atoms with Gasteiger partial charge in [-0.25, -0.2) is 0 Å². The maximum atomic E-state index is 11.2. The van der Waals surface area contributed by atoms with Crippen molar-refractivity contribution in [3.8, 4) is 0 Å². The second-order valence-corrected chi connectivity index (χ2v) is 2.84. The van der Waals surface area contributed by atoms with Gasteiger partial charge in [0.05, 0.1) is 11.4 Å². The van der Waals surface area contributed by atoms with Crippen LogP contribution in [0.5, 0.6) is 0 Å². The smallest absolute Gasteiger partial charge is 0.178 e. The van der Waals surface area contributed by atoms with Gasteiger partial charge in [-0.2, -0.15) is 0 Å². The summed E-state index contributed by atoms with van der Waals surface area (Å²) in [6.07, 6.45) is 0.917. The third kappa shape index (κ3) is 2.05. The molecular weight excluding hydrogens is 166 g/mol. The number of nitrogens with one attached hydrogen (secondary N) is 1. The van der Waals surface area contributed by atoms with Crippen LogP contribution in [0.1, 0.15) is 47.7 Å². The average molecular weight is 179 g/mol. The predicted octanol–water partition coefficient (Wildman–Crippen LogP) is 2.20. The minimum atomic E-state index is 0.0372. The first-order chi connectivity index (χ1) is 6.19. The van der Waals surface area contributed by atoms with E-state index < -0.39 is 0 Å². The van der Waals surface area contributed by atoms with E-state index in [1.54, 1.807) is 26.0 Å². The Morgan fingerprint density at radius 2 is 1.46 bits per heavy atom. The van der Waals surface area contributed by atoms with E-state index >= 15 is 0 Å². The molecule has 13 heavy (non-hydrogen) atoms. The molecule has 0 unspecified atom stereocenters. The Labute approximate surface area is 77.2 Å². The molecule has 3 heteroatoms. The largest absolute Gasteiger partial charge is 0.350 e. The molecule has 1 rings (SSSR count). The lowest BCUT2D eigenvalue weighted by atomic mass is 10.2. The number of carbonyl (C=O) groups excluding carboxylic acids is 2. The van der Waals surface area contributed by atoms with Gasteiger partial charge < -0.3 is 4.98 Å². The molecule has 3 nitrogen and oxygen atoms in total. The lowest BCUT2D eigenvalue weighted by molar-refractivity contribution is 0.0982. The molecule has 1 aromatic rings. The van der Waals surface area contributed by atoms with Gasteiger partial charge in [0, 0.05) is 12.8 Å². The first-order valence-corrected chi connectivity index (χ1v) is 4.44. The van der Waals surface area contributed by atoms with Crippen LogP contribution in [-0.2, 0) is 0 Å². The first-order valence-electron chi connectivity index (χ1n) is 4.44. The van der Waals surface area contributed by atoms with Crippen molar-refractivity contribution in [3.05, 3.63) is 23.5 Å². The zero-order valence-electron chi connectivity index (χ0n) is 7.89. The van der Waals surface area contributed by atoms with E-state index in [9.17, 15) is 9.59 Å². The summed E-state index contributed by atoms with van der Waals surface area (Å²) in [7, 11) is 0. The number of hydrogen-bond acceptors (Lipinski definition) is 2. The number of aromatic nitrogens is 1. The number of aromatic amines is 1. The van der Waals surface area contributed by atoms with E-state index in [1.807, 2.05) is 0 Å². The highest BCUT2D eigenvalue weighted by molar-refractivity contribution is 5.98. The molecule has 0 spiro atoms. The number of carbonyl (C=O) groups is 2. The molecule has 0 bridgehead atoms. The third-order valence-electron chi connectivity index (χ3n) is 1.93. The van der Waals surface area contributed by atoms with E-state index in [0.29, 0.717) is 24.2 Å². The maximum absolute atomic E-state index is 11.2. The Morgan fingerprint density at radius 3 is 1.77 bits per heavy atom. The van der Waals surface area contributed by atoms with Crippen LogP contribution in [-0.4, -0.2) is 16.6 Å². The summed E-state index contributed by atoms with van der Waals surface area (Å²) in [6.45, 7) is 3.59. The molecule has 0 radical (unpaired) electrons. The summed E-state index contributed by atoms with van der Waals surface area (Å²) in [4.78, 5) is 25.2. The summed E-state index contributed by atoms with van der Waals surface area (Å²) in [6, 6.07) is 3.32. The molecule has 70 valence electrons. The van der Waals surface area contributed by atoms with Gasteiger partial charge >= 0.3 is 0 Å². The summed E-state index contributed by atoms with van der Waals surface area (Å²) >= 11 is 0. The zero-order valence-corrected chi connectivity index (χ0v) is 7.89. The van der Waals surface area contributed by atoms with Crippen LogP contribution in [0.2, 0.25) is 0 Å². The molecule has 1 aromatic heterocycles. The van der Waals surface area contributed by atoms with Crippen molar-refractivity contribution in [2.45, 2.75) is 26.7 Å². The monoisotopic (exact) mass is 179 g/mol. The molecule has 0 aliphatic heterocycles. The van der Waals surface area contributed by atoms with Crippen molar-refractivity contribution in [1.29, 1.82) is 0 Å². The SMILES string of the molecule is CCC(=O)c1ccc(C(=O)CC)[nH]1. The van der Waals surface area contributed by atoms with Crippen LogP contribution < -0.4 is 0 Å². The van der Waals surface area contributed by atoms with Gasteiger partial charge in [0.1, 0.15) is 0 Å². The van der Waals surface area contributed by atoms with Crippen molar-refractivity contribution in [2.75, 3.05) is 0 Å². The van der Waals surface area contributed by atoms with Gasteiger partial charge in [-0.3, -0.25) is 9.59 Å². The topological polar surface area (TPSA) is 49.9 Å². The Hall–Kier alpha value is -1.38. The van der Waals surface area contributed by atoms with Gasteiger partial charge in [-0.15, -0.1) is 0 Å². The molecule has 0 fully saturated rings. The van der Waals surface area contributed by atoms with E-state index in [4.69, 9.17) is 0 Å². The third-order valence-corrected chi connectivity index (χ3v) is 1.93. The van der Waals surface area contributed by atoms with E-state index in [0.717, 1.165) is 0 Å². The molecule has 0 aliphatic carbocycles. The lowest BCUT2D eigenvalue weighted by Crippen LogP contribution is -2.00. The molecule has 1 heterocycles. The summed E-state index contributed by atoms with van der Waals surface area (Å²) in [5.41, 5.74) is 1.05. The lowest BCUT2D eigenvalue weighted by Gasteiger charge is -1.93. The van der Waals surface area contributed by atoms with Crippen LogP contribution >= 0.6 is 0 Å². The fourth-order valence-electron chi connectivity index (χ4n) is 1.10. The molecule has 0 saturated carbocycles. The van der Waals surface area contributed by atoms with E-state index in [-0.39, 0.29) is 11.6 Å². The van der Waals surface area contributed by atoms with Gasteiger partial charge in [0.25, 0.3) is 0 Å². The van der Waals surface area contributed by atoms with Crippen LogP contribution in [0, 0.1) is 0 Å². The van der Waals surface area contributed by atoms with Crippen LogP contribution in [0.15, 0.2) is 12.1 Å². The minimum absolute atomic E-state index is 0.0372. The van der Waals surface area contributed by atoms with Crippen LogP contribution in [0.3, 0.4) is 0 Å². The zero-order chi connectivity index (χ0) is 9.84. The minimum Gasteiger partial charge on any atom is -0.350 e. The van der Waals surface area contributed by atoms with Crippen molar-refractivity contribution in [3.63, 3.8) is 0 Å². The van der Waals surface area contributed by atoms with Gasteiger partial charge in [-0.05, 0) is 12.1 Å².